The minimum absolute atomic E-state index is 0.118. The van der Waals surface area contributed by atoms with E-state index >= 15 is 0 Å². The molecule has 3 aromatic rings. The average molecular weight is 349 g/mol. The van der Waals surface area contributed by atoms with Gasteiger partial charge in [0.2, 0.25) is 5.91 Å². The number of hydrogen-bond donors (Lipinski definition) is 0. The van der Waals surface area contributed by atoms with Gasteiger partial charge in [0, 0.05) is 48.9 Å². The van der Waals surface area contributed by atoms with Gasteiger partial charge in [0.15, 0.2) is 5.82 Å². The zero-order valence-corrected chi connectivity index (χ0v) is 14.3. The third-order valence-corrected chi connectivity index (χ3v) is 4.64. The summed E-state index contributed by atoms with van der Waals surface area (Å²) in [5.41, 5.74) is 1.67. The Morgan fingerprint density at radius 1 is 1.12 bits per heavy atom. The Bertz CT molecular complexity index is 858. The molecule has 0 saturated carbocycles. The van der Waals surface area contributed by atoms with Crippen LogP contribution >= 0.6 is 0 Å². The number of hydrogen-bond acceptors (Lipinski definition) is 6. The monoisotopic (exact) mass is 349 g/mol. The van der Waals surface area contributed by atoms with Crippen LogP contribution in [0.4, 0.5) is 0 Å². The summed E-state index contributed by atoms with van der Waals surface area (Å²) in [5, 5.41) is 4.13. The number of amides is 1. The molecular formula is C19H19N5O2. The van der Waals surface area contributed by atoms with Crippen molar-refractivity contribution in [2.45, 2.75) is 25.2 Å². The van der Waals surface area contributed by atoms with Gasteiger partial charge in [-0.25, -0.2) is 0 Å². The minimum Gasteiger partial charge on any atom is -0.342 e. The van der Waals surface area contributed by atoms with Crippen molar-refractivity contribution in [2.75, 3.05) is 13.1 Å². The third-order valence-electron chi connectivity index (χ3n) is 4.64. The molecule has 26 heavy (non-hydrogen) atoms. The van der Waals surface area contributed by atoms with Gasteiger partial charge in [0.1, 0.15) is 0 Å². The molecule has 3 aromatic heterocycles. The maximum atomic E-state index is 12.4. The van der Waals surface area contributed by atoms with Gasteiger partial charge in [-0.05, 0) is 37.1 Å². The first-order valence-corrected chi connectivity index (χ1v) is 8.71. The molecule has 7 heteroatoms. The van der Waals surface area contributed by atoms with Crippen molar-refractivity contribution in [2.24, 2.45) is 0 Å². The van der Waals surface area contributed by atoms with Crippen LogP contribution in [0.15, 0.2) is 53.4 Å². The van der Waals surface area contributed by atoms with Crippen molar-refractivity contribution in [3.8, 4) is 11.5 Å². The molecule has 1 aliphatic rings. The van der Waals surface area contributed by atoms with E-state index in [9.17, 15) is 4.79 Å². The summed E-state index contributed by atoms with van der Waals surface area (Å²) in [7, 11) is 0. The fourth-order valence-electron chi connectivity index (χ4n) is 3.17. The van der Waals surface area contributed by atoms with Crippen LogP contribution in [0.3, 0.4) is 0 Å². The number of rotatable bonds is 4. The summed E-state index contributed by atoms with van der Waals surface area (Å²) >= 11 is 0. The molecule has 0 bridgehead atoms. The topological polar surface area (TPSA) is 85.0 Å². The largest absolute Gasteiger partial charge is 0.342 e. The van der Waals surface area contributed by atoms with Crippen LogP contribution in [-0.4, -0.2) is 44.0 Å². The Hall–Kier alpha value is -3.09. The van der Waals surface area contributed by atoms with Gasteiger partial charge >= 0.3 is 0 Å². The molecule has 0 atom stereocenters. The molecule has 0 spiro atoms. The molecule has 1 amide bonds. The second-order valence-corrected chi connectivity index (χ2v) is 6.35. The van der Waals surface area contributed by atoms with Crippen LogP contribution in [0, 0.1) is 0 Å². The Labute approximate surface area is 151 Å². The van der Waals surface area contributed by atoms with Gasteiger partial charge in [0.05, 0.1) is 6.42 Å². The van der Waals surface area contributed by atoms with Crippen LogP contribution in [0.2, 0.25) is 0 Å². The number of carbonyl (C=O) groups is 1. The zero-order chi connectivity index (χ0) is 17.8. The lowest BCUT2D eigenvalue weighted by Gasteiger charge is -2.30. The number of likely N-dealkylation sites (tertiary alicyclic amines) is 1. The zero-order valence-electron chi connectivity index (χ0n) is 14.3. The van der Waals surface area contributed by atoms with E-state index in [1.54, 1.807) is 18.6 Å². The highest BCUT2D eigenvalue weighted by atomic mass is 16.5. The first-order chi connectivity index (χ1) is 12.8. The van der Waals surface area contributed by atoms with Crippen LogP contribution in [-0.2, 0) is 11.2 Å². The molecule has 0 radical (unpaired) electrons. The smallest absolute Gasteiger partial charge is 0.258 e. The van der Waals surface area contributed by atoms with Crippen LogP contribution in [0.25, 0.3) is 11.5 Å². The fourth-order valence-corrected chi connectivity index (χ4v) is 3.17. The second-order valence-electron chi connectivity index (χ2n) is 6.35. The van der Waals surface area contributed by atoms with E-state index in [1.165, 1.54) is 0 Å². The Kier molecular flexibility index (Phi) is 4.68. The Morgan fingerprint density at radius 3 is 2.65 bits per heavy atom. The normalized spacial score (nSPS) is 15.2. The van der Waals surface area contributed by atoms with Gasteiger partial charge in [-0.15, -0.1) is 0 Å². The molecule has 4 rings (SSSR count). The third kappa shape index (κ3) is 3.61. The molecule has 132 valence electrons. The van der Waals surface area contributed by atoms with E-state index in [-0.39, 0.29) is 11.8 Å². The van der Waals surface area contributed by atoms with Crippen molar-refractivity contribution in [1.29, 1.82) is 0 Å². The van der Waals surface area contributed by atoms with E-state index in [2.05, 4.69) is 20.1 Å². The number of nitrogens with zero attached hydrogens (tertiary/aromatic N) is 5. The second kappa shape index (κ2) is 7.43. The molecule has 0 aliphatic carbocycles. The Morgan fingerprint density at radius 2 is 1.92 bits per heavy atom. The van der Waals surface area contributed by atoms with E-state index in [0.717, 1.165) is 24.1 Å². The molecule has 1 aliphatic heterocycles. The maximum absolute atomic E-state index is 12.4. The summed E-state index contributed by atoms with van der Waals surface area (Å²) in [4.78, 5) is 27.1. The summed E-state index contributed by atoms with van der Waals surface area (Å²) < 4.78 is 5.38. The highest BCUT2D eigenvalue weighted by molar-refractivity contribution is 5.78. The van der Waals surface area contributed by atoms with Gasteiger partial charge < -0.3 is 9.42 Å². The summed E-state index contributed by atoms with van der Waals surface area (Å²) in [6, 6.07) is 9.32. The van der Waals surface area contributed by atoms with E-state index in [0.29, 0.717) is 31.2 Å². The van der Waals surface area contributed by atoms with Crippen molar-refractivity contribution < 1.29 is 9.32 Å². The van der Waals surface area contributed by atoms with Gasteiger partial charge in [-0.2, -0.15) is 4.98 Å². The summed E-state index contributed by atoms with van der Waals surface area (Å²) in [6.07, 6.45) is 7.13. The number of piperidine rings is 1. The molecule has 1 fully saturated rings. The predicted molar refractivity (Wildman–Crippen MR) is 94.0 cm³/mol. The number of aromatic nitrogens is 4. The van der Waals surface area contributed by atoms with E-state index < -0.39 is 0 Å². The molecular weight excluding hydrogens is 330 g/mol. The van der Waals surface area contributed by atoms with E-state index in [4.69, 9.17) is 4.52 Å². The number of pyridine rings is 2. The van der Waals surface area contributed by atoms with Gasteiger partial charge in [-0.1, -0.05) is 11.2 Å². The van der Waals surface area contributed by atoms with Crippen molar-refractivity contribution in [3.63, 3.8) is 0 Å². The lowest BCUT2D eigenvalue weighted by atomic mass is 9.96. The summed E-state index contributed by atoms with van der Waals surface area (Å²) in [6.45, 7) is 1.41. The fraction of sp³-hybridized carbons (Fsp3) is 0.316. The molecule has 0 aromatic carbocycles. The van der Waals surface area contributed by atoms with Gasteiger partial charge in [-0.3, -0.25) is 14.8 Å². The SMILES string of the molecule is O=C(Cc1ccccn1)N1CCC(c2noc(-c3ccncc3)n2)CC1. The Balaban J connectivity index is 1.35. The molecule has 4 heterocycles. The van der Waals surface area contributed by atoms with Crippen LogP contribution in [0.1, 0.15) is 30.3 Å². The summed E-state index contributed by atoms with van der Waals surface area (Å²) in [5.74, 6) is 1.56. The molecule has 7 nitrogen and oxygen atoms in total. The van der Waals surface area contributed by atoms with Crippen molar-refractivity contribution in [1.82, 2.24) is 25.0 Å². The van der Waals surface area contributed by atoms with E-state index in [1.807, 2.05) is 35.2 Å². The quantitative estimate of drug-likeness (QED) is 0.719. The first-order valence-electron chi connectivity index (χ1n) is 8.71. The van der Waals surface area contributed by atoms with Crippen LogP contribution in [0.5, 0.6) is 0 Å². The first kappa shape index (κ1) is 16.4. The van der Waals surface area contributed by atoms with Crippen LogP contribution < -0.4 is 0 Å². The lowest BCUT2D eigenvalue weighted by Crippen LogP contribution is -2.39. The molecule has 1 saturated heterocycles. The predicted octanol–water partition coefficient (Wildman–Crippen LogP) is 2.48. The number of carbonyl (C=O) groups excluding carboxylic acids is 1. The maximum Gasteiger partial charge on any atom is 0.258 e. The average Bonchev–Trinajstić information content (AvgIpc) is 3.20. The minimum atomic E-state index is 0.118. The highest BCUT2D eigenvalue weighted by Crippen LogP contribution is 2.28. The molecule has 0 unspecified atom stereocenters. The standard InChI is InChI=1S/C19H19N5O2/c25-17(13-16-3-1-2-8-21-16)24-11-6-14(7-12-24)18-22-19(26-23-18)15-4-9-20-10-5-15/h1-5,8-10,14H,6-7,11-13H2. The lowest BCUT2D eigenvalue weighted by molar-refractivity contribution is -0.131. The highest BCUT2D eigenvalue weighted by Gasteiger charge is 2.27. The molecule has 0 N–H and O–H groups in total. The van der Waals surface area contributed by atoms with Crippen molar-refractivity contribution >= 4 is 5.91 Å². The van der Waals surface area contributed by atoms with Gasteiger partial charge in [0.25, 0.3) is 5.89 Å². The van der Waals surface area contributed by atoms with Crippen molar-refractivity contribution in [3.05, 3.63) is 60.4 Å².